The number of ether oxygens (including phenoxy) is 1. The van der Waals surface area contributed by atoms with E-state index >= 15 is 0 Å². The minimum absolute atomic E-state index is 0.0664. The van der Waals surface area contributed by atoms with Gasteiger partial charge in [-0.3, -0.25) is 9.59 Å². The smallest absolute Gasteiger partial charge is 0.189 e. The molecule has 0 saturated carbocycles. The molecule has 0 saturated heterocycles. The van der Waals surface area contributed by atoms with Gasteiger partial charge in [-0.2, -0.15) is 0 Å². The maximum Gasteiger partial charge on any atom is 0.189 e. The van der Waals surface area contributed by atoms with E-state index in [1.807, 2.05) is 0 Å². The van der Waals surface area contributed by atoms with Crippen molar-refractivity contribution in [2.75, 3.05) is 7.11 Å². The topological polar surface area (TPSA) is 43.4 Å². The maximum absolute atomic E-state index is 11.7. The molecule has 0 aliphatic rings. The summed E-state index contributed by atoms with van der Waals surface area (Å²) in [5.41, 5.74) is 0.463. The van der Waals surface area contributed by atoms with E-state index in [2.05, 4.69) is 0 Å². The number of carbonyl (C=O) groups is 2. The first-order valence-corrected chi connectivity index (χ1v) is 5.07. The molecule has 3 nitrogen and oxygen atoms in total. The first-order valence-electron chi connectivity index (χ1n) is 5.07. The van der Waals surface area contributed by atoms with Gasteiger partial charge < -0.3 is 4.74 Å². The minimum Gasteiger partial charge on any atom is -0.496 e. The Balaban J connectivity index is 2.88. The molecule has 84 valence electrons. The highest BCUT2D eigenvalue weighted by Crippen LogP contribution is 2.18. The molecule has 16 heavy (non-hydrogen) atoms. The number of hydrogen-bond donors (Lipinski definition) is 0. The summed E-state index contributed by atoms with van der Waals surface area (Å²) in [6, 6.07) is 6.92. The number of rotatable bonds is 5. The van der Waals surface area contributed by atoms with Crippen molar-refractivity contribution in [3.05, 3.63) is 42.0 Å². The van der Waals surface area contributed by atoms with E-state index in [0.29, 0.717) is 17.7 Å². The standard InChI is InChI=1S/C13H14O3/c1-3-10(14)8-9-12(15)11-6-4-5-7-13(11)16-2/h4-9H,3H2,1-2H3/b9-8-. The van der Waals surface area contributed by atoms with Crippen LogP contribution in [0.1, 0.15) is 23.7 Å². The summed E-state index contributed by atoms with van der Waals surface area (Å²) in [6.45, 7) is 1.75. The molecule has 0 spiro atoms. The lowest BCUT2D eigenvalue weighted by atomic mass is 10.1. The number of allylic oxidation sites excluding steroid dienone is 2. The monoisotopic (exact) mass is 218 g/mol. The Labute approximate surface area is 94.7 Å². The largest absolute Gasteiger partial charge is 0.496 e. The van der Waals surface area contributed by atoms with Crippen LogP contribution in [0.25, 0.3) is 0 Å². The van der Waals surface area contributed by atoms with Crippen LogP contribution in [-0.2, 0) is 4.79 Å². The second kappa shape index (κ2) is 5.85. The van der Waals surface area contributed by atoms with E-state index in [4.69, 9.17) is 4.74 Å². The van der Waals surface area contributed by atoms with Gasteiger partial charge in [-0.05, 0) is 24.3 Å². The zero-order valence-corrected chi connectivity index (χ0v) is 9.40. The van der Waals surface area contributed by atoms with Crippen LogP contribution in [0.2, 0.25) is 0 Å². The van der Waals surface area contributed by atoms with Crippen LogP contribution in [0.5, 0.6) is 5.75 Å². The quantitative estimate of drug-likeness (QED) is 0.563. The van der Waals surface area contributed by atoms with Crippen molar-refractivity contribution in [3.63, 3.8) is 0 Å². The van der Waals surface area contributed by atoms with Gasteiger partial charge >= 0.3 is 0 Å². The van der Waals surface area contributed by atoms with Crippen molar-refractivity contribution in [3.8, 4) is 5.75 Å². The molecule has 0 unspecified atom stereocenters. The van der Waals surface area contributed by atoms with Crippen molar-refractivity contribution in [1.82, 2.24) is 0 Å². The van der Waals surface area contributed by atoms with Crippen molar-refractivity contribution >= 4 is 11.6 Å². The van der Waals surface area contributed by atoms with Crippen LogP contribution < -0.4 is 4.74 Å². The fourth-order valence-corrected chi connectivity index (χ4v) is 1.22. The summed E-state index contributed by atoms with van der Waals surface area (Å²) in [6.07, 6.45) is 2.98. The third-order valence-electron chi connectivity index (χ3n) is 2.14. The minimum atomic E-state index is -0.223. The number of para-hydroxylation sites is 1. The highest BCUT2D eigenvalue weighted by atomic mass is 16.5. The molecular weight excluding hydrogens is 204 g/mol. The Hall–Kier alpha value is -1.90. The predicted molar refractivity (Wildman–Crippen MR) is 61.8 cm³/mol. The lowest BCUT2D eigenvalue weighted by Gasteiger charge is -2.03. The Bertz CT molecular complexity index is 419. The molecule has 0 radical (unpaired) electrons. The summed E-state index contributed by atoms with van der Waals surface area (Å²) < 4.78 is 5.06. The van der Waals surface area contributed by atoms with E-state index in [9.17, 15) is 9.59 Å². The molecule has 1 rings (SSSR count). The highest BCUT2D eigenvalue weighted by molar-refractivity contribution is 6.09. The van der Waals surface area contributed by atoms with Crippen LogP contribution >= 0.6 is 0 Å². The molecule has 1 aromatic rings. The van der Waals surface area contributed by atoms with E-state index < -0.39 is 0 Å². The SMILES string of the molecule is CCC(=O)/C=C\C(=O)c1ccccc1OC. The predicted octanol–water partition coefficient (Wildman–Crippen LogP) is 2.41. The van der Waals surface area contributed by atoms with Crippen LogP contribution in [0.3, 0.4) is 0 Å². The molecule has 0 aromatic heterocycles. The third kappa shape index (κ3) is 3.05. The Morgan fingerprint density at radius 1 is 1.25 bits per heavy atom. The van der Waals surface area contributed by atoms with Crippen LogP contribution in [-0.4, -0.2) is 18.7 Å². The highest BCUT2D eigenvalue weighted by Gasteiger charge is 2.08. The van der Waals surface area contributed by atoms with Crippen molar-refractivity contribution < 1.29 is 14.3 Å². The number of ketones is 2. The molecule has 0 amide bonds. The van der Waals surface area contributed by atoms with Gasteiger partial charge in [0.05, 0.1) is 12.7 Å². The van der Waals surface area contributed by atoms with Crippen molar-refractivity contribution in [2.24, 2.45) is 0 Å². The van der Waals surface area contributed by atoms with Crippen LogP contribution in [0.4, 0.5) is 0 Å². The van der Waals surface area contributed by atoms with Gasteiger partial charge in [-0.25, -0.2) is 0 Å². The van der Waals surface area contributed by atoms with Crippen LogP contribution in [0, 0.1) is 0 Å². The van der Waals surface area contributed by atoms with E-state index in [1.165, 1.54) is 19.3 Å². The zero-order chi connectivity index (χ0) is 12.0. The van der Waals surface area contributed by atoms with Gasteiger partial charge in [-0.15, -0.1) is 0 Å². The van der Waals surface area contributed by atoms with Gasteiger partial charge in [0, 0.05) is 6.42 Å². The first-order chi connectivity index (χ1) is 7.69. The summed E-state index contributed by atoms with van der Waals surface area (Å²) in [4.78, 5) is 22.8. The summed E-state index contributed by atoms with van der Waals surface area (Å²) in [7, 11) is 1.51. The third-order valence-corrected chi connectivity index (χ3v) is 2.14. The molecule has 1 aromatic carbocycles. The molecule has 0 aliphatic carbocycles. The van der Waals surface area contributed by atoms with Gasteiger partial charge in [0.1, 0.15) is 5.75 Å². The lowest BCUT2D eigenvalue weighted by Crippen LogP contribution is -1.99. The zero-order valence-electron chi connectivity index (χ0n) is 9.40. The molecule has 0 heterocycles. The number of carbonyl (C=O) groups excluding carboxylic acids is 2. The summed E-state index contributed by atoms with van der Waals surface area (Å²) >= 11 is 0. The number of hydrogen-bond acceptors (Lipinski definition) is 3. The second-order valence-corrected chi connectivity index (χ2v) is 3.22. The first kappa shape index (κ1) is 12.2. The molecular formula is C13H14O3. The Morgan fingerprint density at radius 3 is 2.56 bits per heavy atom. The van der Waals surface area contributed by atoms with E-state index in [-0.39, 0.29) is 11.6 Å². The Morgan fingerprint density at radius 2 is 1.94 bits per heavy atom. The average molecular weight is 218 g/mol. The molecule has 0 atom stereocenters. The van der Waals surface area contributed by atoms with Gasteiger partial charge in [0.15, 0.2) is 11.6 Å². The van der Waals surface area contributed by atoms with E-state index in [1.54, 1.807) is 31.2 Å². The second-order valence-electron chi connectivity index (χ2n) is 3.22. The average Bonchev–Trinajstić information content (AvgIpc) is 2.35. The summed E-state index contributed by atoms with van der Waals surface area (Å²) in [5, 5.41) is 0. The van der Waals surface area contributed by atoms with E-state index in [0.717, 1.165) is 0 Å². The molecule has 0 fully saturated rings. The Kier molecular flexibility index (Phi) is 4.45. The fourth-order valence-electron chi connectivity index (χ4n) is 1.22. The van der Waals surface area contributed by atoms with Crippen molar-refractivity contribution in [1.29, 1.82) is 0 Å². The summed E-state index contributed by atoms with van der Waals surface area (Å²) in [5.74, 6) is 0.226. The maximum atomic E-state index is 11.7. The lowest BCUT2D eigenvalue weighted by molar-refractivity contribution is -0.114. The fraction of sp³-hybridized carbons (Fsp3) is 0.231. The van der Waals surface area contributed by atoms with Gasteiger partial charge in [0.2, 0.25) is 0 Å². The number of benzene rings is 1. The van der Waals surface area contributed by atoms with Gasteiger partial charge in [-0.1, -0.05) is 19.1 Å². The van der Waals surface area contributed by atoms with Crippen LogP contribution in [0.15, 0.2) is 36.4 Å². The molecule has 3 heteroatoms. The molecule has 0 aliphatic heterocycles. The normalized spacial score (nSPS) is 10.4. The number of methoxy groups -OCH3 is 1. The molecule has 0 N–H and O–H groups in total. The van der Waals surface area contributed by atoms with Gasteiger partial charge in [0.25, 0.3) is 0 Å². The molecule has 0 bridgehead atoms. The van der Waals surface area contributed by atoms with Crippen molar-refractivity contribution in [2.45, 2.75) is 13.3 Å².